The molecular formula is C20H23FN4O. The molecule has 3 rings (SSSR count). The standard InChI is InChI=1S/C20H23FN4O/c1-2-5-16(22)20(26)24-18(14-8-10-15(21)11-9-14)12-25-13-23-17-6-3-4-7-19(17)25/h3-4,6-11,13,16,18H,2,5,12,22H2,1H3,(H,24,26). The fourth-order valence-electron chi connectivity index (χ4n) is 3.00. The number of nitrogens with two attached hydrogens (primary N) is 1. The second-order valence-electron chi connectivity index (χ2n) is 6.39. The van der Waals surface area contributed by atoms with Gasteiger partial charge in [0.15, 0.2) is 0 Å². The third-order valence-corrected chi connectivity index (χ3v) is 4.43. The molecule has 0 fully saturated rings. The maximum Gasteiger partial charge on any atom is 0.237 e. The van der Waals surface area contributed by atoms with E-state index in [1.807, 2.05) is 35.8 Å². The first kappa shape index (κ1) is 18.1. The summed E-state index contributed by atoms with van der Waals surface area (Å²) in [5, 5.41) is 3.01. The van der Waals surface area contributed by atoms with E-state index in [0.29, 0.717) is 13.0 Å². The average Bonchev–Trinajstić information content (AvgIpc) is 3.05. The van der Waals surface area contributed by atoms with Crippen molar-refractivity contribution in [2.24, 2.45) is 5.73 Å². The summed E-state index contributed by atoms with van der Waals surface area (Å²) in [6.45, 7) is 2.47. The number of fused-ring (bicyclic) bond motifs is 1. The number of para-hydroxylation sites is 2. The number of halogens is 1. The van der Waals surface area contributed by atoms with Gasteiger partial charge in [0.05, 0.1) is 29.4 Å². The highest BCUT2D eigenvalue weighted by atomic mass is 19.1. The summed E-state index contributed by atoms with van der Waals surface area (Å²) in [7, 11) is 0. The molecule has 3 N–H and O–H groups in total. The summed E-state index contributed by atoms with van der Waals surface area (Å²) in [5.74, 6) is -0.514. The van der Waals surface area contributed by atoms with Crippen molar-refractivity contribution < 1.29 is 9.18 Å². The molecule has 0 saturated carbocycles. The van der Waals surface area contributed by atoms with Crippen molar-refractivity contribution >= 4 is 16.9 Å². The molecular weight excluding hydrogens is 331 g/mol. The smallest absolute Gasteiger partial charge is 0.237 e. The lowest BCUT2D eigenvalue weighted by Crippen LogP contribution is -2.43. The highest BCUT2D eigenvalue weighted by Crippen LogP contribution is 2.20. The number of rotatable bonds is 7. The molecule has 26 heavy (non-hydrogen) atoms. The molecule has 1 aromatic heterocycles. The van der Waals surface area contributed by atoms with Crippen molar-refractivity contribution in [2.45, 2.75) is 38.4 Å². The van der Waals surface area contributed by atoms with Crippen molar-refractivity contribution in [1.82, 2.24) is 14.9 Å². The second kappa shape index (κ2) is 8.10. The molecule has 2 unspecified atom stereocenters. The number of carbonyl (C=O) groups excluding carboxylic acids is 1. The molecule has 6 heteroatoms. The quantitative estimate of drug-likeness (QED) is 0.684. The summed E-state index contributed by atoms with van der Waals surface area (Å²) >= 11 is 0. The predicted molar refractivity (Wildman–Crippen MR) is 99.9 cm³/mol. The van der Waals surface area contributed by atoms with Crippen LogP contribution in [0.2, 0.25) is 0 Å². The molecule has 0 aliphatic heterocycles. The van der Waals surface area contributed by atoms with Gasteiger partial charge in [-0.05, 0) is 36.2 Å². The van der Waals surface area contributed by atoms with Gasteiger partial charge in [0.1, 0.15) is 5.82 Å². The lowest BCUT2D eigenvalue weighted by Gasteiger charge is -2.22. The highest BCUT2D eigenvalue weighted by molar-refractivity contribution is 5.82. The number of benzene rings is 2. The van der Waals surface area contributed by atoms with Gasteiger partial charge in [-0.3, -0.25) is 4.79 Å². The van der Waals surface area contributed by atoms with Gasteiger partial charge in [0.25, 0.3) is 0 Å². The molecule has 0 aliphatic carbocycles. The summed E-state index contributed by atoms with van der Waals surface area (Å²) in [6, 6.07) is 13.1. The van der Waals surface area contributed by atoms with Crippen LogP contribution in [-0.4, -0.2) is 21.5 Å². The number of carbonyl (C=O) groups is 1. The fourth-order valence-corrected chi connectivity index (χ4v) is 3.00. The van der Waals surface area contributed by atoms with Crippen LogP contribution in [0.3, 0.4) is 0 Å². The van der Waals surface area contributed by atoms with Crippen LogP contribution >= 0.6 is 0 Å². The van der Waals surface area contributed by atoms with Crippen LogP contribution in [0.15, 0.2) is 54.9 Å². The highest BCUT2D eigenvalue weighted by Gasteiger charge is 2.20. The van der Waals surface area contributed by atoms with Gasteiger partial charge in [-0.1, -0.05) is 37.6 Å². The molecule has 0 aliphatic rings. The van der Waals surface area contributed by atoms with Gasteiger partial charge in [0, 0.05) is 6.54 Å². The summed E-state index contributed by atoms with van der Waals surface area (Å²) in [6.07, 6.45) is 3.21. The number of imidazole rings is 1. The zero-order valence-electron chi connectivity index (χ0n) is 14.7. The predicted octanol–water partition coefficient (Wildman–Crippen LogP) is 3.16. The van der Waals surface area contributed by atoms with Gasteiger partial charge in [0.2, 0.25) is 5.91 Å². The second-order valence-corrected chi connectivity index (χ2v) is 6.39. The molecule has 0 bridgehead atoms. The molecule has 0 saturated heterocycles. The van der Waals surface area contributed by atoms with Crippen LogP contribution in [0, 0.1) is 5.82 Å². The average molecular weight is 354 g/mol. The number of nitrogens with one attached hydrogen (secondary N) is 1. The van der Waals surface area contributed by atoms with Crippen molar-refractivity contribution in [3.05, 3.63) is 66.2 Å². The summed E-state index contributed by atoms with van der Waals surface area (Å²) in [5.41, 5.74) is 8.64. The van der Waals surface area contributed by atoms with Crippen molar-refractivity contribution in [2.75, 3.05) is 0 Å². The Morgan fingerprint density at radius 1 is 1.23 bits per heavy atom. The topological polar surface area (TPSA) is 72.9 Å². The van der Waals surface area contributed by atoms with Crippen molar-refractivity contribution in [3.8, 4) is 0 Å². The van der Waals surface area contributed by atoms with Crippen molar-refractivity contribution in [3.63, 3.8) is 0 Å². The summed E-state index contributed by atoms with van der Waals surface area (Å²) in [4.78, 5) is 16.8. The molecule has 2 atom stereocenters. The molecule has 0 spiro atoms. The SMILES string of the molecule is CCCC(N)C(=O)NC(Cn1cnc2ccccc21)c1ccc(F)cc1. The number of amides is 1. The third kappa shape index (κ3) is 4.08. The lowest BCUT2D eigenvalue weighted by molar-refractivity contribution is -0.123. The van der Waals surface area contributed by atoms with Gasteiger partial charge < -0.3 is 15.6 Å². The normalized spacial score (nSPS) is 13.5. The Balaban J connectivity index is 1.87. The van der Waals surface area contributed by atoms with Crippen molar-refractivity contribution in [1.29, 1.82) is 0 Å². The lowest BCUT2D eigenvalue weighted by atomic mass is 10.1. The first-order chi connectivity index (χ1) is 12.6. The molecule has 1 amide bonds. The van der Waals surface area contributed by atoms with Crippen LogP contribution in [0.4, 0.5) is 4.39 Å². The van der Waals surface area contributed by atoms with Crippen LogP contribution in [0.1, 0.15) is 31.4 Å². The van der Waals surface area contributed by atoms with Crippen LogP contribution in [0.25, 0.3) is 11.0 Å². The number of nitrogens with zero attached hydrogens (tertiary/aromatic N) is 2. The zero-order valence-corrected chi connectivity index (χ0v) is 14.7. The number of aromatic nitrogens is 2. The minimum atomic E-state index is -0.553. The van der Waals surface area contributed by atoms with E-state index in [4.69, 9.17) is 5.73 Å². The van der Waals surface area contributed by atoms with E-state index in [9.17, 15) is 9.18 Å². The van der Waals surface area contributed by atoms with E-state index in [2.05, 4.69) is 10.3 Å². The summed E-state index contributed by atoms with van der Waals surface area (Å²) < 4.78 is 15.3. The van der Waals surface area contributed by atoms with E-state index in [-0.39, 0.29) is 17.8 Å². The van der Waals surface area contributed by atoms with E-state index in [0.717, 1.165) is 23.0 Å². The van der Waals surface area contributed by atoms with E-state index in [1.54, 1.807) is 18.5 Å². The molecule has 3 aromatic rings. The largest absolute Gasteiger partial charge is 0.346 e. The minimum absolute atomic E-state index is 0.203. The monoisotopic (exact) mass is 354 g/mol. The Hall–Kier alpha value is -2.73. The molecule has 1 heterocycles. The maximum atomic E-state index is 13.3. The molecule has 2 aromatic carbocycles. The van der Waals surface area contributed by atoms with E-state index < -0.39 is 6.04 Å². The Kier molecular flexibility index (Phi) is 5.63. The maximum absolute atomic E-state index is 13.3. The number of hydrogen-bond acceptors (Lipinski definition) is 3. The zero-order chi connectivity index (χ0) is 18.5. The third-order valence-electron chi connectivity index (χ3n) is 4.43. The molecule has 5 nitrogen and oxygen atoms in total. The Bertz CT molecular complexity index is 875. The Morgan fingerprint density at radius 2 is 1.96 bits per heavy atom. The van der Waals surface area contributed by atoms with Crippen LogP contribution in [0.5, 0.6) is 0 Å². The first-order valence-corrected chi connectivity index (χ1v) is 8.79. The van der Waals surface area contributed by atoms with Crippen LogP contribution < -0.4 is 11.1 Å². The van der Waals surface area contributed by atoms with Crippen LogP contribution in [-0.2, 0) is 11.3 Å². The first-order valence-electron chi connectivity index (χ1n) is 8.79. The molecule has 0 radical (unpaired) electrons. The van der Waals surface area contributed by atoms with Gasteiger partial charge in [-0.25, -0.2) is 9.37 Å². The van der Waals surface area contributed by atoms with E-state index >= 15 is 0 Å². The van der Waals surface area contributed by atoms with E-state index in [1.165, 1.54) is 12.1 Å². The molecule has 136 valence electrons. The van der Waals surface area contributed by atoms with Gasteiger partial charge in [-0.2, -0.15) is 0 Å². The number of hydrogen-bond donors (Lipinski definition) is 2. The van der Waals surface area contributed by atoms with Gasteiger partial charge >= 0.3 is 0 Å². The minimum Gasteiger partial charge on any atom is -0.346 e. The van der Waals surface area contributed by atoms with Gasteiger partial charge in [-0.15, -0.1) is 0 Å². The Labute approximate surface area is 152 Å². The fraction of sp³-hybridized carbons (Fsp3) is 0.300. The Morgan fingerprint density at radius 3 is 2.69 bits per heavy atom.